The molecule has 1 aliphatic rings. The van der Waals surface area contributed by atoms with Crippen LogP contribution in [0.1, 0.15) is 57.1 Å². The highest BCUT2D eigenvalue weighted by Gasteiger charge is 2.41. The highest BCUT2D eigenvalue weighted by Crippen LogP contribution is 2.40. The van der Waals surface area contributed by atoms with E-state index in [1.54, 1.807) is 19.1 Å². The molecule has 0 saturated heterocycles. The average molecular weight is 535 g/mol. The third kappa shape index (κ3) is 6.25. The molecule has 3 aromatic rings. The Bertz CT molecular complexity index is 1240. The van der Waals surface area contributed by atoms with Crippen LogP contribution in [0.15, 0.2) is 48.5 Å². The van der Waals surface area contributed by atoms with Gasteiger partial charge in [0.15, 0.2) is 0 Å². The second-order valence-corrected chi connectivity index (χ2v) is 10.1. The zero-order valence-electron chi connectivity index (χ0n) is 21.6. The molecule has 0 spiro atoms. The molecule has 0 heterocycles. The van der Waals surface area contributed by atoms with Crippen LogP contribution < -0.4 is 0 Å². The minimum Gasteiger partial charge on any atom is -0.378 e. The number of benzene rings is 3. The van der Waals surface area contributed by atoms with Crippen LogP contribution in [0, 0.1) is 29.2 Å². The smallest absolute Gasteiger partial charge is 0.254 e. The molecular weight excluding hydrogens is 502 g/mol. The molecule has 3 aromatic carbocycles. The monoisotopic (exact) mass is 534 g/mol. The van der Waals surface area contributed by atoms with Crippen LogP contribution in [0.5, 0.6) is 0 Å². The zero-order chi connectivity index (χ0) is 27.4. The van der Waals surface area contributed by atoms with Gasteiger partial charge in [0.1, 0.15) is 23.3 Å². The summed E-state index contributed by atoms with van der Waals surface area (Å²) < 4.78 is 94.8. The van der Waals surface area contributed by atoms with E-state index in [1.165, 1.54) is 18.2 Å². The predicted octanol–water partition coefficient (Wildman–Crippen LogP) is 9.30. The predicted molar refractivity (Wildman–Crippen MR) is 137 cm³/mol. The molecule has 1 nitrogen and oxygen atoms in total. The Morgan fingerprint density at radius 2 is 1.39 bits per heavy atom. The number of halogens is 6. The van der Waals surface area contributed by atoms with Gasteiger partial charge in [-0.25, -0.2) is 26.3 Å². The Morgan fingerprint density at radius 1 is 0.763 bits per heavy atom. The van der Waals surface area contributed by atoms with E-state index >= 15 is 17.6 Å². The Labute approximate surface area is 219 Å². The number of alkyl halides is 2. The van der Waals surface area contributed by atoms with Crippen LogP contribution >= 0.6 is 0 Å². The molecule has 0 aliphatic heterocycles. The lowest BCUT2D eigenvalue weighted by atomic mass is 9.81. The maximum absolute atomic E-state index is 15.0. The van der Waals surface area contributed by atoms with Crippen LogP contribution in [0.3, 0.4) is 0 Å². The normalized spacial score (nSPS) is 18.1. The van der Waals surface area contributed by atoms with Crippen LogP contribution in [-0.2, 0) is 17.6 Å². The zero-order valence-corrected chi connectivity index (χ0v) is 21.6. The van der Waals surface area contributed by atoms with Crippen molar-refractivity contribution in [2.24, 2.45) is 5.92 Å². The molecule has 38 heavy (non-hydrogen) atoms. The largest absolute Gasteiger partial charge is 0.378 e. The van der Waals surface area contributed by atoms with Gasteiger partial charge < -0.3 is 4.74 Å². The van der Waals surface area contributed by atoms with Crippen LogP contribution in [-0.4, -0.2) is 18.6 Å². The van der Waals surface area contributed by atoms with Crippen molar-refractivity contribution in [3.63, 3.8) is 0 Å². The third-order valence-electron chi connectivity index (χ3n) is 7.37. The highest BCUT2D eigenvalue weighted by molar-refractivity contribution is 5.72. The Balaban J connectivity index is 1.51. The quantitative estimate of drug-likeness (QED) is 0.249. The summed E-state index contributed by atoms with van der Waals surface area (Å²) in [6, 6.07) is 9.79. The Morgan fingerprint density at radius 3 is 1.97 bits per heavy atom. The van der Waals surface area contributed by atoms with E-state index in [-0.39, 0.29) is 22.8 Å². The van der Waals surface area contributed by atoms with E-state index in [1.807, 2.05) is 6.92 Å². The first kappa shape index (κ1) is 28.2. The lowest BCUT2D eigenvalue weighted by molar-refractivity contribution is -0.0881. The SMILES string of the molecule is CCCOC1CCC(C(F)(F)Cc2cc(F)c(-c3ccc(-c4ccc(CC)c(F)c4)c(F)c3)c(F)c2)CC1. The van der Waals surface area contributed by atoms with Crippen LogP contribution in [0.25, 0.3) is 22.3 Å². The number of rotatable bonds is 9. The van der Waals surface area contributed by atoms with E-state index in [0.29, 0.717) is 49.8 Å². The summed E-state index contributed by atoms with van der Waals surface area (Å²) in [5.74, 6) is -7.33. The van der Waals surface area contributed by atoms with Gasteiger partial charge in [-0.05, 0) is 85.0 Å². The molecule has 0 radical (unpaired) electrons. The second kappa shape index (κ2) is 11.9. The minimum absolute atomic E-state index is 0.0160. The fourth-order valence-electron chi connectivity index (χ4n) is 5.26. The van der Waals surface area contributed by atoms with Gasteiger partial charge in [0.05, 0.1) is 11.7 Å². The van der Waals surface area contributed by atoms with Gasteiger partial charge in [0.2, 0.25) is 0 Å². The fraction of sp³-hybridized carbons (Fsp3) is 0.419. The summed E-state index contributed by atoms with van der Waals surface area (Å²) in [6.45, 7) is 4.40. The first-order valence-corrected chi connectivity index (χ1v) is 13.2. The molecule has 0 bridgehead atoms. The van der Waals surface area contributed by atoms with Crippen molar-refractivity contribution in [1.82, 2.24) is 0 Å². The summed E-state index contributed by atoms with van der Waals surface area (Å²) in [5, 5.41) is 0. The number of aryl methyl sites for hydroxylation is 1. The van der Waals surface area contributed by atoms with E-state index in [2.05, 4.69) is 0 Å². The van der Waals surface area contributed by atoms with Gasteiger partial charge in [-0.15, -0.1) is 0 Å². The average Bonchev–Trinajstić information content (AvgIpc) is 2.87. The van der Waals surface area contributed by atoms with Gasteiger partial charge in [0, 0.05) is 24.5 Å². The number of hydrogen-bond donors (Lipinski definition) is 0. The van der Waals surface area contributed by atoms with Crippen LogP contribution in [0.4, 0.5) is 26.3 Å². The van der Waals surface area contributed by atoms with E-state index in [4.69, 9.17) is 4.74 Å². The lowest BCUT2D eigenvalue weighted by Gasteiger charge is -2.33. The van der Waals surface area contributed by atoms with E-state index < -0.39 is 47.1 Å². The molecule has 1 aliphatic carbocycles. The first-order chi connectivity index (χ1) is 18.1. The van der Waals surface area contributed by atoms with Crippen LogP contribution in [0.2, 0.25) is 0 Å². The number of hydrogen-bond acceptors (Lipinski definition) is 1. The highest BCUT2D eigenvalue weighted by atomic mass is 19.3. The molecule has 1 fully saturated rings. The lowest BCUT2D eigenvalue weighted by Crippen LogP contribution is -2.35. The van der Waals surface area contributed by atoms with E-state index in [0.717, 1.165) is 24.6 Å². The molecular formula is C31H32F6O. The maximum atomic E-state index is 15.0. The van der Waals surface area contributed by atoms with Crippen molar-refractivity contribution in [3.05, 3.63) is 82.9 Å². The van der Waals surface area contributed by atoms with Gasteiger partial charge in [-0.1, -0.05) is 38.1 Å². The minimum atomic E-state index is -3.12. The summed E-state index contributed by atoms with van der Waals surface area (Å²) in [7, 11) is 0. The molecule has 0 amide bonds. The molecule has 4 rings (SSSR count). The molecule has 7 heteroatoms. The van der Waals surface area contributed by atoms with Crippen molar-refractivity contribution in [2.75, 3.05) is 6.61 Å². The molecule has 0 atom stereocenters. The number of ether oxygens (including phenoxy) is 1. The third-order valence-corrected chi connectivity index (χ3v) is 7.37. The topological polar surface area (TPSA) is 9.23 Å². The molecule has 0 aromatic heterocycles. The molecule has 0 N–H and O–H groups in total. The molecule has 0 unspecified atom stereocenters. The van der Waals surface area contributed by atoms with E-state index in [9.17, 15) is 8.78 Å². The van der Waals surface area contributed by atoms with Crippen molar-refractivity contribution in [2.45, 2.75) is 70.8 Å². The fourth-order valence-corrected chi connectivity index (χ4v) is 5.26. The molecule has 204 valence electrons. The van der Waals surface area contributed by atoms with Gasteiger partial charge in [0.25, 0.3) is 5.92 Å². The van der Waals surface area contributed by atoms with Gasteiger partial charge >= 0.3 is 0 Å². The van der Waals surface area contributed by atoms with Gasteiger partial charge in [-0.3, -0.25) is 0 Å². The standard InChI is InChI=1S/C31H32F6O/c1-3-13-38-24-10-8-23(9-11-24)31(36,37)18-19-14-28(34)30(29(35)15-19)22-7-12-25(27(33)17-22)21-6-5-20(4-2)26(32)16-21/h5-7,12,14-17,23-24H,3-4,8-11,13,18H2,1-2H3. The van der Waals surface area contributed by atoms with Gasteiger partial charge in [-0.2, -0.15) is 0 Å². The summed E-state index contributed by atoms with van der Waals surface area (Å²) in [5.41, 5.74) is 0.158. The maximum Gasteiger partial charge on any atom is 0.254 e. The van der Waals surface area contributed by atoms with Crippen molar-refractivity contribution in [3.8, 4) is 22.3 Å². The van der Waals surface area contributed by atoms with Crippen molar-refractivity contribution < 1.29 is 31.1 Å². The van der Waals surface area contributed by atoms with Crippen molar-refractivity contribution >= 4 is 0 Å². The summed E-state index contributed by atoms with van der Waals surface area (Å²) in [6.07, 6.45) is 2.23. The first-order valence-electron chi connectivity index (χ1n) is 13.2. The second-order valence-electron chi connectivity index (χ2n) is 10.1. The Kier molecular flexibility index (Phi) is 8.86. The van der Waals surface area contributed by atoms with Crippen molar-refractivity contribution in [1.29, 1.82) is 0 Å². The molecule has 1 saturated carbocycles. The summed E-state index contributed by atoms with van der Waals surface area (Å²) >= 11 is 0. The summed E-state index contributed by atoms with van der Waals surface area (Å²) in [4.78, 5) is 0. The Hall–Kier alpha value is -2.80.